The van der Waals surface area contributed by atoms with Crippen molar-refractivity contribution in [1.82, 2.24) is 10.6 Å². The molecule has 1 saturated carbocycles. The lowest BCUT2D eigenvalue weighted by atomic mass is 9.77. The summed E-state index contributed by atoms with van der Waals surface area (Å²) in [4.78, 5) is 47.1. The maximum atomic E-state index is 12.6. The van der Waals surface area contributed by atoms with Gasteiger partial charge in [0.2, 0.25) is 11.9 Å². The predicted octanol–water partition coefficient (Wildman–Crippen LogP) is -0.223. The minimum absolute atomic E-state index is 0.0116. The smallest absolute Gasteiger partial charge is 0.338 e. The number of methoxy groups -OCH3 is 1. The molecule has 4 atom stereocenters. The summed E-state index contributed by atoms with van der Waals surface area (Å²) in [5.74, 6) is -3.55. The fourth-order valence-corrected chi connectivity index (χ4v) is 3.31. The summed E-state index contributed by atoms with van der Waals surface area (Å²) in [6.45, 7) is 6.27. The SMILES string of the molecule is COC(=O)C(NC(=O)[C@@H](N)CC(=O)O)C(=O)NC1CCCC1C(C)(C)C. The number of hydrogen-bond acceptors (Lipinski definition) is 6. The van der Waals surface area contributed by atoms with E-state index in [-0.39, 0.29) is 17.4 Å². The van der Waals surface area contributed by atoms with Gasteiger partial charge in [0.25, 0.3) is 5.91 Å². The Balaban J connectivity index is 2.82. The van der Waals surface area contributed by atoms with Gasteiger partial charge in [-0.2, -0.15) is 0 Å². The van der Waals surface area contributed by atoms with Crippen molar-refractivity contribution in [2.24, 2.45) is 17.1 Å². The molecular formula is C17H29N3O6. The average Bonchev–Trinajstić information content (AvgIpc) is 2.99. The van der Waals surface area contributed by atoms with Gasteiger partial charge >= 0.3 is 11.9 Å². The first-order valence-electron chi connectivity index (χ1n) is 8.63. The molecule has 0 bridgehead atoms. The molecule has 1 aliphatic carbocycles. The van der Waals surface area contributed by atoms with Crippen LogP contribution < -0.4 is 16.4 Å². The number of carboxylic acids is 1. The summed E-state index contributed by atoms with van der Waals surface area (Å²) in [5, 5.41) is 13.7. The second kappa shape index (κ2) is 8.98. The van der Waals surface area contributed by atoms with Gasteiger partial charge in [0.05, 0.1) is 19.6 Å². The van der Waals surface area contributed by atoms with E-state index in [0.29, 0.717) is 0 Å². The highest BCUT2D eigenvalue weighted by atomic mass is 16.5. The molecule has 0 spiro atoms. The van der Waals surface area contributed by atoms with Crippen LogP contribution in [0.25, 0.3) is 0 Å². The van der Waals surface area contributed by atoms with E-state index in [1.807, 2.05) is 0 Å². The minimum Gasteiger partial charge on any atom is -0.481 e. The topological polar surface area (TPSA) is 148 Å². The lowest BCUT2D eigenvalue weighted by molar-refractivity contribution is -0.149. The molecule has 0 aromatic heterocycles. The first kappa shape index (κ1) is 21.9. The average molecular weight is 371 g/mol. The molecule has 2 amide bonds. The van der Waals surface area contributed by atoms with Crippen LogP contribution in [0.1, 0.15) is 46.5 Å². The van der Waals surface area contributed by atoms with Gasteiger partial charge in [-0.1, -0.05) is 27.2 Å². The van der Waals surface area contributed by atoms with Crippen molar-refractivity contribution in [1.29, 1.82) is 0 Å². The predicted molar refractivity (Wildman–Crippen MR) is 92.9 cm³/mol. The number of ether oxygens (including phenoxy) is 1. The second-order valence-corrected chi connectivity index (χ2v) is 7.69. The standard InChI is InChI=1S/C17H29N3O6/c1-17(2,3)9-6-5-7-11(9)19-15(24)13(16(25)26-4)20-14(23)10(18)8-12(21)22/h9-11,13H,5-8,18H2,1-4H3,(H,19,24)(H,20,23)(H,21,22)/t9?,10-,11?,13?/m0/s1. The third-order valence-corrected chi connectivity index (χ3v) is 4.67. The molecule has 148 valence electrons. The molecule has 3 unspecified atom stereocenters. The van der Waals surface area contributed by atoms with Crippen molar-refractivity contribution < 1.29 is 29.0 Å². The van der Waals surface area contributed by atoms with Crippen LogP contribution in [-0.2, 0) is 23.9 Å². The Morgan fingerprint density at radius 3 is 2.31 bits per heavy atom. The zero-order chi connectivity index (χ0) is 20.1. The Morgan fingerprint density at radius 1 is 1.19 bits per heavy atom. The Kier molecular flexibility index (Phi) is 7.55. The monoisotopic (exact) mass is 371 g/mol. The number of aliphatic carboxylic acids is 1. The number of hydrogen-bond donors (Lipinski definition) is 4. The highest BCUT2D eigenvalue weighted by molar-refractivity contribution is 6.05. The second-order valence-electron chi connectivity index (χ2n) is 7.69. The number of esters is 1. The summed E-state index contributed by atoms with van der Waals surface area (Å²) in [7, 11) is 1.10. The molecule has 0 saturated heterocycles. The van der Waals surface area contributed by atoms with Gasteiger partial charge in [-0.05, 0) is 24.2 Å². The van der Waals surface area contributed by atoms with Crippen molar-refractivity contribution in [2.75, 3.05) is 7.11 Å². The maximum absolute atomic E-state index is 12.6. The van der Waals surface area contributed by atoms with Gasteiger partial charge in [-0.15, -0.1) is 0 Å². The Bertz CT molecular complexity index is 557. The lowest BCUT2D eigenvalue weighted by Crippen LogP contribution is -2.57. The van der Waals surface area contributed by atoms with Gasteiger partial charge in [0, 0.05) is 6.04 Å². The van der Waals surface area contributed by atoms with Crippen LogP contribution in [0.15, 0.2) is 0 Å². The largest absolute Gasteiger partial charge is 0.481 e. The first-order chi connectivity index (χ1) is 12.0. The number of carboxylic acid groups (broad SMARTS) is 1. The molecule has 0 aromatic carbocycles. The molecule has 0 heterocycles. The first-order valence-corrected chi connectivity index (χ1v) is 8.63. The molecule has 5 N–H and O–H groups in total. The molecular weight excluding hydrogens is 342 g/mol. The summed E-state index contributed by atoms with van der Waals surface area (Å²) < 4.78 is 4.58. The van der Waals surface area contributed by atoms with E-state index in [9.17, 15) is 19.2 Å². The summed E-state index contributed by atoms with van der Waals surface area (Å²) in [5.41, 5.74) is 5.46. The molecule has 1 rings (SSSR count). The Labute approximate surface area is 153 Å². The Hall–Kier alpha value is -2.16. The summed E-state index contributed by atoms with van der Waals surface area (Å²) in [6, 6.07) is -3.06. The normalized spacial score (nSPS) is 22.2. The van der Waals surface area contributed by atoms with Crippen LogP contribution in [0.2, 0.25) is 0 Å². The van der Waals surface area contributed by atoms with E-state index in [1.165, 1.54) is 0 Å². The molecule has 1 fully saturated rings. The van der Waals surface area contributed by atoms with Gasteiger partial charge in [0.1, 0.15) is 0 Å². The molecule has 9 heteroatoms. The number of rotatable bonds is 7. The molecule has 0 aliphatic heterocycles. The molecule has 0 radical (unpaired) electrons. The van der Waals surface area contributed by atoms with Crippen LogP contribution in [0.4, 0.5) is 0 Å². The van der Waals surface area contributed by atoms with Crippen molar-refractivity contribution in [2.45, 2.75) is 64.6 Å². The summed E-state index contributed by atoms with van der Waals surface area (Å²) in [6.07, 6.45) is 2.10. The fourth-order valence-electron chi connectivity index (χ4n) is 3.31. The highest BCUT2D eigenvalue weighted by Crippen LogP contribution is 2.39. The number of nitrogens with one attached hydrogen (secondary N) is 2. The van der Waals surface area contributed by atoms with E-state index >= 15 is 0 Å². The van der Waals surface area contributed by atoms with Crippen LogP contribution in [0.5, 0.6) is 0 Å². The van der Waals surface area contributed by atoms with Gasteiger partial charge in [-0.3, -0.25) is 14.4 Å². The van der Waals surface area contributed by atoms with Crippen molar-refractivity contribution in [3.8, 4) is 0 Å². The van der Waals surface area contributed by atoms with Gasteiger partial charge < -0.3 is 26.2 Å². The quantitative estimate of drug-likeness (QED) is 0.357. The number of carbonyl (C=O) groups is 4. The Morgan fingerprint density at radius 2 is 1.81 bits per heavy atom. The van der Waals surface area contributed by atoms with E-state index in [4.69, 9.17) is 10.8 Å². The van der Waals surface area contributed by atoms with Crippen LogP contribution in [0, 0.1) is 11.3 Å². The van der Waals surface area contributed by atoms with Crippen molar-refractivity contribution >= 4 is 23.8 Å². The lowest BCUT2D eigenvalue weighted by Gasteiger charge is -2.33. The van der Waals surface area contributed by atoms with Gasteiger partial charge in [-0.25, -0.2) is 4.79 Å². The zero-order valence-electron chi connectivity index (χ0n) is 15.7. The highest BCUT2D eigenvalue weighted by Gasteiger charge is 2.39. The third kappa shape index (κ3) is 5.98. The summed E-state index contributed by atoms with van der Waals surface area (Å²) >= 11 is 0. The zero-order valence-corrected chi connectivity index (χ0v) is 15.7. The molecule has 1 aliphatic rings. The third-order valence-electron chi connectivity index (χ3n) is 4.67. The fraction of sp³-hybridized carbons (Fsp3) is 0.765. The van der Waals surface area contributed by atoms with Crippen LogP contribution in [-0.4, -0.2) is 54.1 Å². The van der Waals surface area contributed by atoms with E-state index < -0.39 is 42.3 Å². The van der Waals surface area contributed by atoms with E-state index in [0.717, 1.165) is 26.4 Å². The minimum atomic E-state index is -1.58. The molecule has 9 nitrogen and oxygen atoms in total. The molecule has 0 aromatic rings. The van der Waals surface area contributed by atoms with Crippen molar-refractivity contribution in [3.05, 3.63) is 0 Å². The van der Waals surface area contributed by atoms with E-state index in [2.05, 4.69) is 36.1 Å². The van der Waals surface area contributed by atoms with Crippen molar-refractivity contribution in [3.63, 3.8) is 0 Å². The maximum Gasteiger partial charge on any atom is 0.338 e. The van der Waals surface area contributed by atoms with Crippen LogP contribution >= 0.6 is 0 Å². The molecule has 26 heavy (non-hydrogen) atoms. The van der Waals surface area contributed by atoms with Crippen LogP contribution in [0.3, 0.4) is 0 Å². The van der Waals surface area contributed by atoms with E-state index in [1.54, 1.807) is 0 Å². The number of nitrogens with two attached hydrogens (primary N) is 1. The number of carbonyl (C=O) groups excluding carboxylic acids is 3. The number of amides is 2. The van der Waals surface area contributed by atoms with Gasteiger partial charge in [0.15, 0.2) is 0 Å².